The van der Waals surface area contributed by atoms with Crippen molar-refractivity contribution in [2.75, 3.05) is 7.11 Å². The van der Waals surface area contributed by atoms with E-state index in [0.29, 0.717) is 11.3 Å². The average Bonchev–Trinajstić information content (AvgIpc) is 2.04. The summed E-state index contributed by atoms with van der Waals surface area (Å²) in [5, 5.41) is 9.74. The third-order valence-electron chi connectivity index (χ3n) is 2.05. The van der Waals surface area contributed by atoms with Gasteiger partial charge in [-0.1, -0.05) is 12.1 Å². The molecule has 3 heteroatoms. The molecule has 0 bridgehead atoms. The molecule has 0 aliphatic rings. The number of hydrogen-bond acceptors (Lipinski definition) is 3. The second-order valence-corrected chi connectivity index (χ2v) is 3.14. The summed E-state index contributed by atoms with van der Waals surface area (Å²) in [5.41, 5.74) is 7.29. The topological polar surface area (TPSA) is 55.5 Å². The maximum atomic E-state index is 9.74. The summed E-state index contributed by atoms with van der Waals surface area (Å²) in [6.07, 6.45) is 0. The number of phenolic OH excluding ortho intramolecular Hbond substituents is 1. The van der Waals surface area contributed by atoms with E-state index in [1.54, 1.807) is 0 Å². The number of aromatic hydroxyl groups is 1. The predicted octanol–water partition coefficient (Wildman–Crippen LogP) is 1.73. The Morgan fingerprint density at radius 2 is 2.08 bits per heavy atom. The number of benzene rings is 1. The fourth-order valence-corrected chi connectivity index (χ4v) is 1.31. The zero-order valence-electron chi connectivity index (χ0n) is 8.16. The molecule has 1 aromatic carbocycles. The maximum absolute atomic E-state index is 9.74. The first kappa shape index (κ1) is 9.86. The molecule has 0 fully saturated rings. The highest BCUT2D eigenvalue weighted by Gasteiger charge is 2.12. The van der Waals surface area contributed by atoms with E-state index in [9.17, 15) is 5.11 Å². The molecule has 3 nitrogen and oxygen atoms in total. The van der Waals surface area contributed by atoms with Crippen LogP contribution in [-0.4, -0.2) is 12.2 Å². The molecular weight excluding hydrogens is 166 g/mol. The van der Waals surface area contributed by atoms with Crippen molar-refractivity contribution in [3.05, 3.63) is 23.3 Å². The van der Waals surface area contributed by atoms with Crippen LogP contribution in [0.15, 0.2) is 12.1 Å². The van der Waals surface area contributed by atoms with Crippen LogP contribution in [0.3, 0.4) is 0 Å². The molecule has 0 aliphatic heterocycles. The van der Waals surface area contributed by atoms with Crippen LogP contribution in [0, 0.1) is 6.92 Å². The van der Waals surface area contributed by atoms with E-state index in [2.05, 4.69) is 0 Å². The van der Waals surface area contributed by atoms with Crippen molar-refractivity contribution >= 4 is 0 Å². The molecule has 0 saturated carbocycles. The second-order valence-electron chi connectivity index (χ2n) is 3.14. The largest absolute Gasteiger partial charge is 0.504 e. The molecule has 0 amide bonds. The minimum Gasteiger partial charge on any atom is -0.504 e. The lowest BCUT2D eigenvalue weighted by molar-refractivity contribution is 0.366. The van der Waals surface area contributed by atoms with Crippen LogP contribution < -0.4 is 10.5 Å². The van der Waals surface area contributed by atoms with Gasteiger partial charge in [-0.15, -0.1) is 0 Å². The van der Waals surface area contributed by atoms with Gasteiger partial charge in [-0.2, -0.15) is 0 Å². The predicted molar refractivity (Wildman–Crippen MR) is 52.0 cm³/mol. The van der Waals surface area contributed by atoms with Crippen LogP contribution in [-0.2, 0) is 0 Å². The lowest BCUT2D eigenvalue weighted by Crippen LogP contribution is -2.06. The first-order valence-electron chi connectivity index (χ1n) is 4.20. The number of ether oxygens (including phenoxy) is 1. The van der Waals surface area contributed by atoms with E-state index in [1.807, 2.05) is 26.0 Å². The lowest BCUT2D eigenvalue weighted by Gasteiger charge is -2.13. The maximum Gasteiger partial charge on any atom is 0.163 e. The molecule has 1 unspecified atom stereocenters. The smallest absolute Gasteiger partial charge is 0.163 e. The Kier molecular flexibility index (Phi) is 2.78. The Hall–Kier alpha value is -1.22. The fraction of sp³-hybridized carbons (Fsp3) is 0.400. The van der Waals surface area contributed by atoms with Crippen molar-refractivity contribution in [1.29, 1.82) is 0 Å². The van der Waals surface area contributed by atoms with Gasteiger partial charge in [0.2, 0.25) is 0 Å². The number of phenols is 1. The number of aryl methyl sites for hydroxylation is 1. The second kappa shape index (κ2) is 3.66. The van der Waals surface area contributed by atoms with Crippen LogP contribution in [0.4, 0.5) is 0 Å². The van der Waals surface area contributed by atoms with Gasteiger partial charge in [0.1, 0.15) is 0 Å². The molecule has 72 valence electrons. The third kappa shape index (κ3) is 1.75. The fourth-order valence-electron chi connectivity index (χ4n) is 1.31. The Morgan fingerprint density at radius 3 is 2.54 bits per heavy atom. The monoisotopic (exact) mass is 181 g/mol. The molecule has 0 aromatic heterocycles. The van der Waals surface area contributed by atoms with Gasteiger partial charge in [0.05, 0.1) is 7.11 Å². The standard InChI is InChI=1S/C10H15NO2/c1-6-4-5-8(7(2)11)9(12)10(6)13-3/h4-5,7,12H,11H2,1-3H3. The van der Waals surface area contributed by atoms with Crippen molar-refractivity contribution in [3.8, 4) is 11.5 Å². The molecule has 0 saturated heterocycles. The van der Waals surface area contributed by atoms with Gasteiger partial charge in [0.25, 0.3) is 0 Å². The number of methoxy groups -OCH3 is 1. The summed E-state index contributed by atoms with van der Waals surface area (Å²) >= 11 is 0. The van der Waals surface area contributed by atoms with Gasteiger partial charge in [0.15, 0.2) is 11.5 Å². The van der Waals surface area contributed by atoms with Crippen molar-refractivity contribution in [2.45, 2.75) is 19.9 Å². The van der Waals surface area contributed by atoms with Gasteiger partial charge in [0, 0.05) is 11.6 Å². The van der Waals surface area contributed by atoms with Crippen LogP contribution in [0.5, 0.6) is 11.5 Å². The molecule has 13 heavy (non-hydrogen) atoms. The van der Waals surface area contributed by atoms with Gasteiger partial charge in [-0.05, 0) is 19.4 Å². The highest BCUT2D eigenvalue weighted by Crippen LogP contribution is 2.35. The van der Waals surface area contributed by atoms with Gasteiger partial charge in [-0.25, -0.2) is 0 Å². The Labute approximate surface area is 78.1 Å². The molecule has 0 aliphatic carbocycles. The minimum absolute atomic E-state index is 0.150. The third-order valence-corrected chi connectivity index (χ3v) is 2.05. The molecule has 3 N–H and O–H groups in total. The summed E-state index contributed by atoms with van der Waals surface area (Å²) in [5.74, 6) is 0.660. The summed E-state index contributed by atoms with van der Waals surface area (Å²) < 4.78 is 5.06. The van der Waals surface area contributed by atoms with Gasteiger partial charge >= 0.3 is 0 Å². The van der Waals surface area contributed by atoms with Crippen molar-refractivity contribution < 1.29 is 9.84 Å². The molecule has 1 atom stereocenters. The number of hydrogen-bond donors (Lipinski definition) is 2. The SMILES string of the molecule is COc1c(C)ccc(C(C)N)c1O. The Bertz CT molecular complexity index is 308. The summed E-state index contributed by atoms with van der Waals surface area (Å²) in [7, 11) is 1.53. The minimum atomic E-state index is -0.186. The van der Waals surface area contributed by atoms with Crippen molar-refractivity contribution in [1.82, 2.24) is 0 Å². The van der Waals surface area contributed by atoms with E-state index < -0.39 is 0 Å². The molecular formula is C10H15NO2. The molecule has 0 radical (unpaired) electrons. The van der Waals surface area contributed by atoms with Gasteiger partial charge < -0.3 is 15.6 Å². The van der Waals surface area contributed by atoms with Gasteiger partial charge in [-0.3, -0.25) is 0 Å². The quantitative estimate of drug-likeness (QED) is 0.730. The lowest BCUT2D eigenvalue weighted by atomic mass is 10.0. The van der Waals surface area contributed by atoms with Crippen LogP contribution in [0.25, 0.3) is 0 Å². The molecule has 1 aromatic rings. The highest BCUT2D eigenvalue weighted by molar-refractivity contribution is 5.51. The van der Waals surface area contributed by atoms with E-state index in [0.717, 1.165) is 5.56 Å². The summed E-state index contributed by atoms with van der Waals surface area (Å²) in [6.45, 7) is 3.70. The molecule has 0 spiro atoms. The normalized spacial score (nSPS) is 12.6. The van der Waals surface area contributed by atoms with E-state index in [-0.39, 0.29) is 11.8 Å². The highest BCUT2D eigenvalue weighted by atomic mass is 16.5. The van der Waals surface area contributed by atoms with Crippen LogP contribution in [0.1, 0.15) is 24.1 Å². The summed E-state index contributed by atoms with van der Waals surface area (Å²) in [6, 6.07) is 3.52. The number of nitrogens with two attached hydrogens (primary N) is 1. The molecule has 0 heterocycles. The average molecular weight is 181 g/mol. The van der Waals surface area contributed by atoms with E-state index in [1.165, 1.54) is 7.11 Å². The summed E-state index contributed by atoms with van der Waals surface area (Å²) in [4.78, 5) is 0. The molecule has 1 rings (SSSR count). The first-order chi connectivity index (χ1) is 6.07. The first-order valence-corrected chi connectivity index (χ1v) is 4.20. The van der Waals surface area contributed by atoms with E-state index >= 15 is 0 Å². The van der Waals surface area contributed by atoms with Crippen LogP contribution in [0.2, 0.25) is 0 Å². The van der Waals surface area contributed by atoms with Crippen LogP contribution >= 0.6 is 0 Å². The Balaban J connectivity index is 3.27. The number of rotatable bonds is 2. The van der Waals surface area contributed by atoms with Crippen molar-refractivity contribution in [2.24, 2.45) is 5.73 Å². The zero-order chi connectivity index (χ0) is 10.0. The zero-order valence-corrected chi connectivity index (χ0v) is 8.16. The Morgan fingerprint density at radius 1 is 1.46 bits per heavy atom. The van der Waals surface area contributed by atoms with E-state index in [4.69, 9.17) is 10.5 Å². The van der Waals surface area contributed by atoms with Crippen molar-refractivity contribution in [3.63, 3.8) is 0 Å².